The second-order valence-electron chi connectivity index (χ2n) is 6.84. The molecule has 0 fully saturated rings. The first-order chi connectivity index (χ1) is 14.1. The zero-order chi connectivity index (χ0) is 20.0. The van der Waals surface area contributed by atoms with Crippen molar-refractivity contribution < 1.29 is 9.59 Å². The second kappa shape index (κ2) is 7.09. The number of fused-ring (bicyclic) bond motifs is 2. The average molecular weight is 420 g/mol. The van der Waals surface area contributed by atoms with Crippen LogP contribution in [0.3, 0.4) is 0 Å². The van der Waals surface area contributed by atoms with Crippen molar-refractivity contribution in [2.75, 3.05) is 4.90 Å². The van der Waals surface area contributed by atoms with Crippen LogP contribution in [0, 0.1) is 0 Å². The topological polar surface area (TPSA) is 79.2 Å². The van der Waals surface area contributed by atoms with Crippen LogP contribution in [0.1, 0.15) is 26.0 Å². The second-order valence-corrected chi connectivity index (χ2v) is 9.02. The molecule has 1 aliphatic rings. The van der Waals surface area contributed by atoms with Crippen molar-refractivity contribution in [3.8, 4) is 0 Å². The predicted molar refractivity (Wildman–Crippen MR) is 117 cm³/mol. The van der Waals surface area contributed by atoms with Crippen molar-refractivity contribution in [3.63, 3.8) is 0 Å². The number of carbonyl (C=O) groups excluding carboxylic acids is 2. The highest BCUT2D eigenvalue weighted by Crippen LogP contribution is 2.48. The molecule has 2 aromatic heterocycles. The van der Waals surface area contributed by atoms with Crippen LogP contribution in [0.4, 0.5) is 5.69 Å². The van der Waals surface area contributed by atoms with Gasteiger partial charge in [-0.2, -0.15) is 0 Å². The Morgan fingerprint density at radius 3 is 2.79 bits per heavy atom. The Bertz CT molecular complexity index is 1230. The van der Waals surface area contributed by atoms with Crippen LogP contribution >= 0.6 is 23.1 Å². The van der Waals surface area contributed by atoms with Gasteiger partial charge in [0.1, 0.15) is 5.25 Å². The van der Waals surface area contributed by atoms with Crippen molar-refractivity contribution in [1.29, 1.82) is 0 Å². The quantitative estimate of drug-likeness (QED) is 0.503. The number of primary amides is 1. The Kier molecular flexibility index (Phi) is 4.41. The van der Waals surface area contributed by atoms with Crippen LogP contribution in [0.2, 0.25) is 0 Å². The maximum Gasteiger partial charge on any atom is 0.248 e. The number of aromatic nitrogens is 1. The summed E-state index contributed by atoms with van der Waals surface area (Å²) in [6.07, 6.45) is 1.91. The molecule has 7 heteroatoms. The van der Waals surface area contributed by atoms with Crippen LogP contribution < -0.4 is 10.6 Å². The first-order valence-electron chi connectivity index (χ1n) is 9.12. The summed E-state index contributed by atoms with van der Waals surface area (Å²) >= 11 is 3.09. The van der Waals surface area contributed by atoms with Crippen molar-refractivity contribution in [1.82, 2.24) is 4.98 Å². The number of anilines is 1. The van der Waals surface area contributed by atoms with Crippen molar-refractivity contribution in [3.05, 3.63) is 82.2 Å². The molecule has 0 aliphatic carbocycles. The molecule has 144 valence electrons. The summed E-state index contributed by atoms with van der Waals surface area (Å²) in [5, 5.41) is 2.64. The molecule has 3 heterocycles. The van der Waals surface area contributed by atoms with Gasteiger partial charge in [0.25, 0.3) is 0 Å². The standard InChI is InChI=1S/C22H17N3O2S2/c23-21(26)13-7-8-18-19(10-13)29-20(16-11-24-17-6-2-1-5-15(16)17)22(27)25(18)12-14-4-3-9-28-14/h1-11,20,24H,12H2,(H2,23,26). The minimum Gasteiger partial charge on any atom is -0.366 e. The van der Waals surface area contributed by atoms with E-state index in [1.54, 1.807) is 23.5 Å². The van der Waals surface area contributed by atoms with Crippen LogP contribution in [0.15, 0.2) is 71.1 Å². The zero-order valence-corrected chi connectivity index (χ0v) is 16.9. The smallest absolute Gasteiger partial charge is 0.248 e. The Labute approximate surface area is 175 Å². The molecular weight excluding hydrogens is 402 g/mol. The van der Waals surface area contributed by atoms with Gasteiger partial charge in [-0.15, -0.1) is 23.1 Å². The van der Waals surface area contributed by atoms with Crippen LogP contribution in [-0.4, -0.2) is 16.8 Å². The van der Waals surface area contributed by atoms with E-state index in [1.165, 1.54) is 11.8 Å². The van der Waals surface area contributed by atoms with Crippen LogP contribution in [0.25, 0.3) is 10.9 Å². The van der Waals surface area contributed by atoms with E-state index in [4.69, 9.17) is 5.73 Å². The van der Waals surface area contributed by atoms with E-state index in [0.29, 0.717) is 12.1 Å². The third-order valence-corrected chi connectivity index (χ3v) is 7.20. The molecule has 0 saturated carbocycles. The van der Waals surface area contributed by atoms with E-state index in [-0.39, 0.29) is 5.91 Å². The maximum atomic E-state index is 13.6. The molecule has 0 saturated heterocycles. The number of thioether (sulfide) groups is 1. The molecule has 29 heavy (non-hydrogen) atoms. The number of aromatic amines is 1. The lowest BCUT2D eigenvalue weighted by molar-refractivity contribution is -0.118. The van der Waals surface area contributed by atoms with Gasteiger partial charge in [0, 0.05) is 38.0 Å². The fourth-order valence-electron chi connectivity index (χ4n) is 3.65. The number of benzene rings is 2. The highest BCUT2D eigenvalue weighted by Gasteiger charge is 2.36. The number of H-pyrrole nitrogens is 1. The SMILES string of the molecule is NC(=O)c1ccc2c(c1)SC(c1c[nH]c3ccccc13)C(=O)N2Cc1cccs1. The maximum absolute atomic E-state index is 13.6. The molecular formula is C22H17N3O2S2. The molecule has 5 nitrogen and oxygen atoms in total. The van der Waals surface area contributed by atoms with Gasteiger partial charge in [-0.25, -0.2) is 0 Å². The number of thiophene rings is 1. The van der Waals surface area contributed by atoms with Gasteiger partial charge < -0.3 is 15.6 Å². The van der Waals surface area contributed by atoms with E-state index in [9.17, 15) is 9.59 Å². The minimum absolute atomic E-state index is 0.0347. The largest absolute Gasteiger partial charge is 0.366 e. The minimum atomic E-state index is -0.473. The van der Waals surface area contributed by atoms with Crippen molar-refractivity contribution >= 4 is 51.5 Å². The number of nitrogens with one attached hydrogen (secondary N) is 1. The number of amides is 2. The van der Waals surface area contributed by atoms with Gasteiger partial charge in [0.2, 0.25) is 11.8 Å². The van der Waals surface area contributed by atoms with Crippen molar-refractivity contribution in [2.24, 2.45) is 5.73 Å². The van der Waals surface area contributed by atoms with Crippen molar-refractivity contribution in [2.45, 2.75) is 16.7 Å². The van der Waals surface area contributed by atoms with Crippen LogP contribution in [0.5, 0.6) is 0 Å². The molecule has 1 atom stereocenters. The Morgan fingerprint density at radius 1 is 1.14 bits per heavy atom. The fraction of sp³-hybridized carbons (Fsp3) is 0.0909. The summed E-state index contributed by atoms with van der Waals surface area (Å²) < 4.78 is 0. The average Bonchev–Trinajstić information content (AvgIpc) is 3.39. The van der Waals surface area contributed by atoms with Gasteiger partial charge in [-0.1, -0.05) is 24.3 Å². The van der Waals surface area contributed by atoms with Gasteiger partial charge in [-0.05, 0) is 35.7 Å². The summed E-state index contributed by atoms with van der Waals surface area (Å²) in [5.74, 6) is -0.439. The first kappa shape index (κ1) is 18.0. The highest BCUT2D eigenvalue weighted by atomic mass is 32.2. The van der Waals surface area contributed by atoms with Crippen LogP contribution in [-0.2, 0) is 11.3 Å². The van der Waals surface area contributed by atoms with E-state index in [2.05, 4.69) is 4.98 Å². The fourth-order valence-corrected chi connectivity index (χ4v) is 5.64. The van der Waals surface area contributed by atoms with E-state index in [0.717, 1.165) is 31.9 Å². The monoisotopic (exact) mass is 419 g/mol. The number of nitrogens with zero attached hydrogens (tertiary/aromatic N) is 1. The molecule has 0 spiro atoms. The number of hydrogen-bond donors (Lipinski definition) is 2. The number of nitrogens with two attached hydrogens (primary N) is 1. The first-order valence-corrected chi connectivity index (χ1v) is 10.9. The van der Waals surface area contributed by atoms with E-state index < -0.39 is 11.2 Å². The number of para-hydroxylation sites is 1. The van der Waals surface area contributed by atoms with E-state index >= 15 is 0 Å². The normalized spacial score (nSPS) is 16.2. The molecule has 2 aromatic carbocycles. The summed E-state index contributed by atoms with van der Waals surface area (Å²) in [6, 6.07) is 17.3. The molecule has 5 rings (SSSR count). The molecule has 2 amide bonds. The molecule has 4 aromatic rings. The molecule has 1 unspecified atom stereocenters. The third-order valence-electron chi connectivity index (χ3n) is 5.07. The highest BCUT2D eigenvalue weighted by molar-refractivity contribution is 8.00. The lowest BCUT2D eigenvalue weighted by Crippen LogP contribution is -2.36. The lowest BCUT2D eigenvalue weighted by Gasteiger charge is -2.33. The molecule has 1 aliphatic heterocycles. The summed E-state index contributed by atoms with van der Waals surface area (Å²) in [4.78, 5) is 32.3. The summed E-state index contributed by atoms with van der Waals surface area (Å²) in [6.45, 7) is 0.499. The van der Waals surface area contributed by atoms with E-state index in [1.807, 2.05) is 58.9 Å². The lowest BCUT2D eigenvalue weighted by atomic mass is 10.1. The summed E-state index contributed by atoms with van der Waals surface area (Å²) in [7, 11) is 0. The predicted octanol–water partition coefficient (Wildman–Crippen LogP) is 4.71. The van der Waals surface area contributed by atoms with Gasteiger partial charge in [-0.3, -0.25) is 9.59 Å². The van der Waals surface area contributed by atoms with Gasteiger partial charge in [0.15, 0.2) is 0 Å². The third kappa shape index (κ3) is 3.12. The number of carbonyl (C=O) groups is 2. The number of hydrogen-bond acceptors (Lipinski definition) is 4. The molecule has 0 bridgehead atoms. The molecule has 3 N–H and O–H groups in total. The Balaban J connectivity index is 1.63. The zero-order valence-electron chi connectivity index (χ0n) is 15.3. The van der Waals surface area contributed by atoms with Gasteiger partial charge in [0.05, 0.1) is 12.2 Å². The van der Waals surface area contributed by atoms with Gasteiger partial charge >= 0.3 is 0 Å². The Morgan fingerprint density at radius 2 is 2.00 bits per heavy atom. The number of rotatable bonds is 4. The Hall–Kier alpha value is -3.03. The molecule has 0 radical (unpaired) electrons. The summed E-state index contributed by atoms with van der Waals surface area (Å²) in [5.41, 5.74) is 8.69.